The standard InChI is InChI=1S/C18H19ClN6O3/c1-11-15(23-28-22-11)8-20-16(26)18(7-13-3-5-14(19)6-4-13)9-25(10-18)17-21-12(2)27-24-17/h3-6H,7-10H2,1-2H3,(H,20,26). The second-order valence-corrected chi connectivity index (χ2v) is 7.47. The van der Waals surface area contributed by atoms with E-state index in [0.717, 1.165) is 5.56 Å². The summed E-state index contributed by atoms with van der Waals surface area (Å²) in [6.07, 6.45) is 0.569. The number of aryl methyl sites for hydroxylation is 2. The normalized spacial score (nSPS) is 15.3. The van der Waals surface area contributed by atoms with Gasteiger partial charge in [0.1, 0.15) is 11.4 Å². The lowest BCUT2D eigenvalue weighted by molar-refractivity contribution is -0.132. The van der Waals surface area contributed by atoms with Crippen molar-refractivity contribution in [3.8, 4) is 0 Å². The summed E-state index contributed by atoms with van der Waals surface area (Å²) < 4.78 is 9.74. The van der Waals surface area contributed by atoms with Gasteiger partial charge in [-0.15, -0.1) is 0 Å². The number of aromatic nitrogens is 4. The Morgan fingerprint density at radius 1 is 1.21 bits per heavy atom. The van der Waals surface area contributed by atoms with Gasteiger partial charge in [-0.1, -0.05) is 34.0 Å². The average Bonchev–Trinajstić information content (AvgIpc) is 3.25. The van der Waals surface area contributed by atoms with Crippen molar-refractivity contribution in [2.45, 2.75) is 26.8 Å². The summed E-state index contributed by atoms with van der Waals surface area (Å²) in [7, 11) is 0. The molecule has 1 amide bonds. The number of anilines is 1. The van der Waals surface area contributed by atoms with E-state index in [4.69, 9.17) is 16.1 Å². The summed E-state index contributed by atoms with van der Waals surface area (Å²) in [4.78, 5) is 19.3. The van der Waals surface area contributed by atoms with Crippen molar-refractivity contribution in [3.05, 3.63) is 52.1 Å². The minimum atomic E-state index is -0.618. The largest absolute Gasteiger partial charge is 0.350 e. The van der Waals surface area contributed by atoms with Gasteiger partial charge in [0.25, 0.3) is 5.95 Å². The van der Waals surface area contributed by atoms with Gasteiger partial charge in [0.05, 0.1) is 12.0 Å². The SMILES string of the molecule is Cc1nc(N2CC(Cc3ccc(Cl)cc3)(C(=O)NCc3nonc3C)C2)no1. The topological polar surface area (TPSA) is 110 Å². The van der Waals surface area contributed by atoms with Crippen molar-refractivity contribution in [1.29, 1.82) is 0 Å². The molecule has 3 heterocycles. The Morgan fingerprint density at radius 2 is 1.96 bits per heavy atom. The van der Waals surface area contributed by atoms with E-state index in [0.29, 0.717) is 47.8 Å². The molecule has 1 aliphatic heterocycles. The molecule has 2 aromatic heterocycles. The first-order valence-corrected chi connectivity index (χ1v) is 9.19. The lowest BCUT2D eigenvalue weighted by Gasteiger charge is -2.48. The third kappa shape index (κ3) is 3.57. The highest BCUT2D eigenvalue weighted by molar-refractivity contribution is 6.30. The zero-order valence-corrected chi connectivity index (χ0v) is 16.2. The molecule has 0 saturated carbocycles. The van der Waals surface area contributed by atoms with Gasteiger partial charge >= 0.3 is 0 Å². The van der Waals surface area contributed by atoms with Gasteiger partial charge in [0.15, 0.2) is 0 Å². The molecular weight excluding hydrogens is 384 g/mol. The van der Waals surface area contributed by atoms with Crippen LogP contribution in [0.4, 0.5) is 5.95 Å². The number of hydrogen-bond acceptors (Lipinski definition) is 8. The molecule has 0 spiro atoms. The fourth-order valence-corrected chi connectivity index (χ4v) is 3.46. The number of carbonyl (C=O) groups excluding carboxylic acids is 1. The zero-order valence-electron chi connectivity index (χ0n) is 15.5. The van der Waals surface area contributed by atoms with E-state index in [1.54, 1.807) is 13.8 Å². The molecule has 1 aromatic carbocycles. The molecule has 4 rings (SSSR count). The maximum atomic E-state index is 13.1. The molecule has 9 nitrogen and oxygen atoms in total. The third-order valence-corrected chi connectivity index (χ3v) is 5.14. The van der Waals surface area contributed by atoms with Crippen LogP contribution in [-0.2, 0) is 17.8 Å². The number of halogens is 1. The molecule has 1 aliphatic rings. The van der Waals surface area contributed by atoms with E-state index < -0.39 is 5.41 Å². The van der Waals surface area contributed by atoms with Gasteiger partial charge in [-0.25, -0.2) is 4.63 Å². The van der Waals surface area contributed by atoms with Crippen molar-refractivity contribution in [1.82, 2.24) is 25.8 Å². The molecule has 10 heteroatoms. The molecule has 0 atom stereocenters. The van der Waals surface area contributed by atoms with Crippen LogP contribution in [0.25, 0.3) is 0 Å². The summed E-state index contributed by atoms with van der Waals surface area (Å²) in [5.41, 5.74) is 1.68. The molecule has 0 unspecified atom stereocenters. The van der Waals surface area contributed by atoms with Crippen LogP contribution >= 0.6 is 11.6 Å². The van der Waals surface area contributed by atoms with Crippen LogP contribution in [0.2, 0.25) is 5.02 Å². The molecule has 28 heavy (non-hydrogen) atoms. The van der Waals surface area contributed by atoms with Crippen molar-refractivity contribution >= 4 is 23.5 Å². The number of benzene rings is 1. The van der Waals surface area contributed by atoms with Crippen LogP contribution in [0.1, 0.15) is 22.8 Å². The Labute approximate surface area is 166 Å². The summed E-state index contributed by atoms with van der Waals surface area (Å²) in [5, 5.41) is 15.1. The second kappa shape index (κ2) is 7.23. The highest BCUT2D eigenvalue weighted by Crippen LogP contribution is 2.37. The first kappa shape index (κ1) is 18.4. The number of nitrogens with zero attached hydrogens (tertiary/aromatic N) is 5. The third-order valence-electron chi connectivity index (χ3n) is 4.89. The van der Waals surface area contributed by atoms with Gasteiger partial charge in [-0.2, -0.15) is 4.98 Å². The molecule has 0 aliphatic carbocycles. The highest BCUT2D eigenvalue weighted by atomic mass is 35.5. The zero-order chi connectivity index (χ0) is 19.7. The Kier molecular flexibility index (Phi) is 4.76. The highest BCUT2D eigenvalue weighted by Gasteiger charge is 2.50. The smallest absolute Gasteiger partial charge is 0.266 e. The monoisotopic (exact) mass is 402 g/mol. The summed E-state index contributed by atoms with van der Waals surface area (Å²) >= 11 is 5.98. The van der Waals surface area contributed by atoms with Crippen LogP contribution in [0.5, 0.6) is 0 Å². The minimum absolute atomic E-state index is 0.0682. The minimum Gasteiger partial charge on any atom is -0.350 e. The molecule has 146 valence electrons. The van der Waals surface area contributed by atoms with Gasteiger partial charge in [0, 0.05) is 25.0 Å². The Hall–Kier alpha value is -2.94. The van der Waals surface area contributed by atoms with Crippen molar-refractivity contribution in [2.24, 2.45) is 5.41 Å². The summed E-state index contributed by atoms with van der Waals surface area (Å²) in [6.45, 7) is 4.74. The van der Waals surface area contributed by atoms with Crippen LogP contribution in [0.3, 0.4) is 0 Å². The quantitative estimate of drug-likeness (QED) is 0.667. The van der Waals surface area contributed by atoms with Crippen molar-refractivity contribution < 1.29 is 13.9 Å². The number of carbonyl (C=O) groups is 1. The molecule has 0 bridgehead atoms. The number of hydrogen-bond donors (Lipinski definition) is 1. The van der Waals surface area contributed by atoms with Crippen molar-refractivity contribution in [3.63, 3.8) is 0 Å². The van der Waals surface area contributed by atoms with E-state index >= 15 is 0 Å². The maximum absolute atomic E-state index is 13.1. The Bertz CT molecular complexity index is 977. The molecule has 3 aromatic rings. The lowest BCUT2D eigenvalue weighted by Crippen LogP contribution is -2.64. The first-order chi connectivity index (χ1) is 13.4. The fraction of sp³-hybridized carbons (Fsp3) is 0.389. The molecular formula is C18H19ClN6O3. The molecule has 1 saturated heterocycles. The van der Waals surface area contributed by atoms with Crippen molar-refractivity contribution in [2.75, 3.05) is 18.0 Å². The first-order valence-electron chi connectivity index (χ1n) is 8.81. The maximum Gasteiger partial charge on any atom is 0.266 e. The van der Waals surface area contributed by atoms with E-state index in [1.807, 2.05) is 29.2 Å². The number of nitrogens with one attached hydrogen (secondary N) is 1. The predicted molar refractivity (Wildman–Crippen MR) is 99.7 cm³/mol. The van der Waals surface area contributed by atoms with Gasteiger partial charge in [-0.3, -0.25) is 4.79 Å². The Balaban J connectivity index is 1.50. The second-order valence-electron chi connectivity index (χ2n) is 7.03. The molecule has 1 fully saturated rings. The van der Waals surface area contributed by atoms with E-state index in [1.165, 1.54) is 0 Å². The molecule has 0 radical (unpaired) electrons. The van der Waals surface area contributed by atoms with Gasteiger partial charge in [-0.05, 0) is 36.2 Å². The predicted octanol–water partition coefficient (Wildman–Crippen LogP) is 2.09. The fourth-order valence-electron chi connectivity index (χ4n) is 3.33. The van der Waals surface area contributed by atoms with Gasteiger partial charge in [0.2, 0.25) is 11.8 Å². The summed E-state index contributed by atoms with van der Waals surface area (Å²) in [5.74, 6) is 0.915. The molecule has 1 N–H and O–H groups in total. The van der Waals surface area contributed by atoms with E-state index in [2.05, 4.69) is 30.4 Å². The van der Waals surface area contributed by atoms with E-state index in [-0.39, 0.29) is 12.5 Å². The lowest BCUT2D eigenvalue weighted by atomic mass is 9.74. The van der Waals surface area contributed by atoms with Gasteiger partial charge < -0.3 is 14.7 Å². The van der Waals surface area contributed by atoms with Crippen LogP contribution in [0, 0.1) is 19.3 Å². The van der Waals surface area contributed by atoms with Crippen LogP contribution in [-0.4, -0.2) is 39.5 Å². The van der Waals surface area contributed by atoms with Crippen LogP contribution < -0.4 is 10.2 Å². The van der Waals surface area contributed by atoms with E-state index in [9.17, 15) is 4.79 Å². The average molecular weight is 403 g/mol. The number of rotatable bonds is 6. The van der Waals surface area contributed by atoms with Crippen LogP contribution in [0.15, 0.2) is 33.4 Å². The Morgan fingerprint density at radius 3 is 2.57 bits per heavy atom. The summed E-state index contributed by atoms with van der Waals surface area (Å²) in [6, 6.07) is 7.52. The number of amides is 1.